The Morgan fingerprint density at radius 3 is 2.62 bits per heavy atom. The first-order valence-electron chi connectivity index (χ1n) is 10.7. The molecule has 2 rings (SSSR count). The van der Waals surface area contributed by atoms with Gasteiger partial charge in [0, 0.05) is 6.04 Å². The van der Waals surface area contributed by atoms with Crippen LogP contribution < -0.4 is 10.6 Å². The first-order valence-corrected chi connectivity index (χ1v) is 10.7. The highest BCUT2D eigenvalue weighted by atomic mass is 16.5. The van der Waals surface area contributed by atoms with Crippen LogP contribution in [0.25, 0.3) is 0 Å². The van der Waals surface area contributed by atoms with Gasteiger partial charge in [-0.2, -0.15) is 0 Å². The molecule has 1 aliphatic carbocycles. The number of amides is 4. The van der Waals surface area contributed by atoms with E-state index >= 15 is 0 Å². The fourth-order valence-electron chi connectivity index (χ4n) is 4.18. The molecule has 0 aromatic heterocycles. The lowest BCUT2D eigenvalue weighted by Gasteiger charge is -2.36. The molecular formula is C21H35N3O5. The van der Waals surface area contributed by atoms with E-state index in [0.717, 1.165) is 43.4 Å². The van der Waals surface area contributed by atoms with E-state index in [9.17, 15) is 19.2 Å². The Bertz CT molecular complexity index is 636. The van der Waals surface area contributed by atoms with Gasteiger partial charge in [0.2, 0.25) is 0 Å². The van der Waals surface area contributed by atoms with Crippen LogP contribution >= 0.6 is 0 Å². The van der Waals surface area contributed by atoms with E-state index in [4.69, 9.17) is 4.74 Å². The summed E-state index contributed by atoms with van der Waals surface area (Å²) in [6.07, 6.45) is 6.32. The molecule has 1 spiro atoms. The number of rotatable bonds is 9. The summed E-state index contributed by atoms with van der Waals surface area (Å²) in [5.41, 5.74) is -0.904. The quantitative estimate of drug-likeness (QED) is 0.449. The van der Waals surface area contributed by atoms with Crippen molar-refractivity contribution in [3.05, 3.63) is 0 Å². The number of hydrogen-bond donors (Lipinski definition) is 2. The summed E-state index contributed by atoms with van der Waals surface area (Å²) in [6.45, 7) is 7.29. The van der Waals surface area contributed by atoms with Gasteiger partial charge in [-0.05, 0) is 38.0 Å². The average Bonchev–Trinajstić information content (AvgIpc) is 2.87. The molecule has 0 bridgehead atoms. The normalized spacial score (nSPS) is 25.3. The Balaban J connectivity index is 1.77. The van der Waals surface area contributed by atoms with Crippen LogP contribution in [0.15, 0.2) is 0 Å². The maximum atomic E-state index is 12.8. The topological polar surface area (TPSA) is 105 Å². The molecular weight excluding hydrogens is 374 g/mol. The largest absolute Gasteiger partial charge is 0.454 e. The zero-order valence-corrected chi connectivity index (χ0v) is 18.1. The summed E-state index contributed by atoms with van der Waals surface area (Å²) in [6, 6.07) is -0.567. The van der Waals surface area contributed by atoms with E-state index < -0.39 is 30.7 Å². The third kappa shape index (κ3) is 5.93. The van der Waals surface area contributed by atoms with Crippen molar-refractivity contribution in [2.45, 2.75) is 84.2 Å². The third-order valence-corrected chi connectivity index (χ3v) is 5.98. The molecule has 1 saturated carbocycles. The maximum absolute atomic E-state index is 12.8. The van der Waals surface area contributed by atoms with Crippen molar-refractivity contribution in [2.75, 3.05) is 13.2 Å². The van der Waals surface area contributed by atoms with Crippen molar-refractivity contribution in [1.82, 2.24) is 15.5 Å². The fraction of sp³-hybridized carbons (Fsp3) is 0.810. The fourth-order valence-corrected chi connectivity index (χ4v) is 4.18. The Labute approximate surface area is 173 Å². The molecule has 2 fully saturated rings. The van der Waals surface area contributed by atoms with E-state index in [1.165, 1.54) is 0 Å². The molecule has 1 saturated heterocycles. The summed E-state index contributed by atoms with van der Waals surface area (Å²) < 4.78 is 4.98. The number of nitrogens with one attached hydrogen (secondary N) is 2. The standard InChI is InChI=1S/C21H35N3O5/c1-14(2)8-7-10-16(4)22-17(25)13-29-18(26)12-24-19(27)21(23-20(24)28)11-6-5-9-15(21)3/h14-16H,5-13H2,1-4H3,(H,22,25)(H,23,28)/t15-,16-,21-/m0/s1. The van der Waals surface area contributed by atoms with Gasteiger partial charge in [0.15, 0.2) is 6.61 Å². The summed E-state index contributed by atoms with van der Waals surface area (Å²) in [4.78, 5) is 50.1. The summed E-state index contributed by atoms with van der Waals surface area (Å²) in [7, 11) is 0. The zero-order chi connectivity index (χ0) is 21.6. The van der Waals surface area contributed by atoms with Gasteiger partial charge in [-0.25, -0.2) is 4.79 Å². The van der Waals surface area contributed by atoms with E-state index in [0.29, 0.717) is 12.3 Å². The number of ether oxygens (including phenoxy) is 1. The predicted molar refractivity (Wildman–Crippen MR) is 108 cm³/mol. The molecule has 1 heterocycles. The van der Waals surface area contributed by atoms with Gasteiger partial charge in [-0.15, -0.1) is 0 Å². The Morgan fingerprint density at radius 2 is 1.97 bits per heavy atom. The highest BCUT2D eigenvalue weighted by Gasteiger charge is 2.55. The monoisotopic (exact) mass is 409 g/mol. The molecule has 3 atom stereocenters. The molecule has 1 aliphatic heterocycles. The number of nitrogens with zero attached hydrogens (tertiary/aromatic N) is 1. The molecule has 2 aliphatic rings. The van der Waals surface area contributed by atoms with E-state index in [1.54, 1.807) is 0 Å². The zero-order valence-electron chi connectivity index (χ0n) is 18.1. The van der Waals surface area contributed by atoms with Gasteiger partial charge in [0.1, 0.15) is 12.1 Å². The van der Waals surface area contributed by atoms with Crippen LogP contribution in [0.1, 0.15) is 72.6 Å². The van der Waals surface area contributed by atoms with Crippen molar-refractivity contribution >= 4 is 23.8 Å². The maximum Gasteiger partial charge on any atom is 0.326 e. The first kappa shape index (κ1) is 23.2. The SMILES string of the molecule is CC(C)CCC[C@H](C)NC(=O)COC(=O)CN1C(=O)N[C@]2(CCCC[C@@H]2C)C1=O. The van der Waals surface area contributed by atoms with Gasteiger partial charge >= 0.3 is 12.0 Å². The molecule has 8 nitrogen and oxygen atoms in total. The lowest BCUT2D eigenvalue weighted by atomic mass is 9.73. The molecule has 0 aromatic carbocycles. The second-order valence-corrected chi connectivity index (χ2v) is 8.89. The minimum atomic E-state index is -0.904. The van der Waals surface area contributed by atoms with Gasteiger partial charge in [-0.1, -0.05) is 46.5 Å². The number of hydrogen-bond acceptors (Lipinski definition) is 5. The lowest BCUT2D eigenvalue weighted by Crippen LogP contribution is -2.54. The molecule has 0 aromatic rings. The van der Waals surface area contributed by atoms with Gasteiger partial charge in [0.25, 0.3) is 11.8 Å². The number of urea groups is 1. The first-order chi connectivity index (χ1) is 13.7. The molecule has 8 heteroatoms. The minimum Gasteiger partial charge on any atom is -0.454 e. The second-order valence-electron chi connectivity index (χ2n) is 8.89. The van der Waals surface area contributed by atoms with E-state index in [-0.39, 0.29) is 23.8 Å². The van der Waals surface area contributed by atoms with Crippen LogP contribution in [0.3, 0.4) is 0 Å². The van der Waals surface area contributed by atoms with Gasteiger partial charge in [0.05, 0.1) is 0 Å². The van der Waals surface area contributed by atoms with Crippen LogP contribution in [-0.2, 0) is 19.1 Å². The van der Waals surface area contributed by atoms with Crippen molar-refractivity contribution < 1.29 is 23.9 Å². The number of imide groups is 1. The van der Waals surface area contributed by atoms with Crippen LogP contribution in [0.4, 0.5) is 4.79 Å². The molecule has 164 valence electrons. The van der Waals surface area contributed by atoms with Crippen LogP contribution in [0, 0.1) is 11.8 Å². The molecule has 2 N–H and O–H groups in total. The highest BCUT2D eigenvalue weighted by molar-refractivity contribution is 6.09. The van der Waals surface area contributed by atoms with Gasteiger partial charge in [-0.3, -0.25) is 19.3 Å². The molecule has 0 unspecified atom stereocenters. The number of carbonyl (C=O) groups is 4. The van der Waals surface area contributed by atoms with Crippen molar-refractivity contribution in [3.8, 4) is 0 Å². The number of carbonyl (C=O) groups excluding carboxylic acids is 4. The Kier molecular flexibility index (Phi) is 8.05. The van der Waals surface area contributed by atoms with Crippen molar-refractivity contribution in [1.29, 1.82) is 0 Å². The molecule has 4 amide bonds. The van der Waals surface area contributed by atoms with E-state index in [2.05, 4.69) is 24.5 Å². The van der Waals surface area contributed by atoms with Crippen LogP contribution in [0.2, 0.25) is 0 Å². The predicted octanol–water partition coefficient (Wildman–Crippen LogP) is 2.36. The minimum absolute atomic E-state index is 0.00135. The van der Waals surface area contributed by atoms with Gasteiger partial charge < -0.3 is 15.4 Å². The Hall–Kier alpha value is -2.12. The Morgan fingerprint density at radius 1 is 1.24 bits per heavy atom. The highest BCUT2D eigenvalue weighted by Crippen LogP contribution is 2.38. The summed E-state index contributed by atoms with van der Waals surface area (Å²) in [5.74, 6) is -0.867. The molecule has 0 radical (unpaired) electrons. The second kappa shape index (κ2) is 10.1. The summed E-state index contributed by atoms with van der Waals surface area (Å²) in [5, 5.41) is 5.59. The lowest BCUT2D eigenvalue weighted by molar-refractivity contribution is -0.151. The van der Waals surface area contributed by atoms with Crippen LogP contribution in [0.5, 0.6) is 0 Å². The van der Waals surface area contributed by atoms with E-state index in [1.807, 2.05) is 13.8 Å². The van der Waals surface area contributed by atoms with Crippen LogP contribution in [-0.4, -0.2) is 53.4 Å². The summed E-state index contributed by atoms with van der Waals surface area (Å²) >= 11 is 0. The number of esters is 1. The van der Waals surface area contributed by atoms with Crippen molar-refractivity contribution in [3.63, 3.8) is 0 Å². The average molecular weight is 410 g/mol. The van der Waals surface area contributed by atoms with Crippen molar-refractivity contribution in [2.24, 2.45) is 11.8 Å². The molecule has 29 heavy (non-hydrogen) atoms. The smallest absolute Gasteiger partial charge is 0.326 e. The third-order valence-electron chi connectivity index (χ3n) is 5.98.